The average Bonchev–Trinajstić information content (AvgIpc) is 3.26. The minimum Gasteiger partial charge on any atom is -0.464 e. The van der Waals surface area contributed by atoms with Gasteiger partial charge in [-0.3, -0.25) is 9.59 Å². The summed E-state index contributed by atoms with van der Waals surface area (Å²) in [5, 5.41) is 1.82. The van der Waals surface area contributed by atoms with Crippen LogP contribution >= 0.6 is 11.3 Å². The van der Waals surface area contributed by atoms with Crippen LogP contribution in [0.25, 0.3) is 0 Å². The van der Waals surface area contributed by atoms with Gasteiger partial charge in [-0.1, -0.05) is 12.1 Å². The zero-order valence-corrected chi connectivity index (χ0v) is 16.9. The fourth-order valence-corrected chi connectivity index (χ4v) is 3.94. The molecule has 144 valence electrons. The van der Waals surface area contributed by atoms with Gasteiger partial charge in [0.15, 0.2) is 5.78 Å². The summed E-state index contributed by atoms with van der Waals surface area (Å²) in [6.07, 6.45) is 1.59. The van der Waals surface area contributed by atoms with E-state index in [1.165, 1.54) is 23.3 Å². The molecule has 0 bridgehead atoms. The summed E-state index contributed by atoms with van der Waals surface area (Å²) in [7, 11) is 1.32. The number of hydrogen-bond acceptors (Lipinski definition) is 5. The summed E-state index contributed by atoms with van der Waals surface area (Å²) in [4.78, 5) is 39.9. The summed E-state index contributed by atoms with van der Waals surface area (Å²) in [6.45, 7) is 9.83. The first-order valence-corrected chi connectivity index (χ1v) is 9.50. The zero-order valence-electron chi connectivity index (χ0n) is 16.1. The van der Waals surface area contributed by atoms with Crippen LogP contribution in [0.1, 0.15) is 48.7 Å². The van der Waals surface area contributed by atoms with Crippen LogP contribution in [0.15, 0.2) is 30.2 Å². The van der Waals surface area contributed by atoms with E-state index in [-0.39, 0.29) is 24.8 Å². The maximum atomic E-state index is 13.0. The third kappa shape index (κ3) is 4.03. The molecule has 6 nitrogen and oxygen atoms in total. The Kier molecular flexibility index (Phi) is 6.74. The molecule has 7 heteroatoms. The second-order valence-electron chi connectivity index (χ2n) is 6.04. The van der Waals surface area contributed by atoms with Crippen LogP contribution in [-0.2, 0) is 11.3 Å². The van der Waals surface area contributed by atoms with Gasteiger partial charge in [-0.25, -0.2) is 4.79 Å². The van der Waals surface area contributed by atoms with Crippen LogP contribution in [0.5, 0.6) is 0 Å². The van der Waals surface area contributed by atoms with Gasteiger partial charge in [0.25, 0.3) is 5.91 Å². The lowest BCUT2D eigenvalue weighted by Gasteiger charge is -2.20. The molecule has 0 aromatic carbocycles. The van der Waals surface area contributed by atoms with Gasteiger partial charge in [0, 0.05) is 24.3 Å². The molecule has 0 atom stereocenters. The van der Waals surface area contributed by atoms with E-state index in [1.807, 2.05) is 12.3 Å². The number of aromatic nitrogens is 1. The van der Waals surface area contributed by atoms with Crippen molar-refractivity contribution in [1.29, 1.82) is 0 Å². The third-order valence-electron chi connectivity index (χ3n) is 4.44. The van der Waals surface area contributed by atoms with Crippen LogP contribution in [0, 0.1) is 13.8 Å². The number of hydrogen-bond donors (Lipinski definition) is 0. The van der Waals surface area contributed by atoms with Crippen LogP contribution in [0.3, 0.4) is 0 Å². The van der Waals surface area contributed by atoms with Crippen LogP contribution in [-0.4, -0.2) is 47.3 Å². The first-order valence-electron chi connectivity index (χ1n) is 8.62. The second kappa shape index (κ2) is 8.81. The SMILES string of the molecule is C=CCN(CC(=O)c1c(C)c(C(=O)OC)n(CC)c1C)C(=O)c1cccs1. The third-order valence-corrected chi connectivity index (χ3v) is 5.30. The van der Waals surface area contributed by atoms with E-state index in [0.29, 0.717) is 33.9 Å². The quantitative estimate of drug-likeness (QED) is 0.394. The Labute approximate surface area is 163 Å². The predicted octanol–water partition coefficient (Wildman–Crippen LogP) is 3.48. The van der Waals surface area contributed by atoms with Crippen molar-refractivity contribution >= 4 is 29.0 Å². The van der Waals surface area contributed by atoms with E-state index in [2.05, 4.69) is 6.58 Å². The predicted molar refractivity (Wildman–Crippen MR) is 106 cm³/mol. The summed E-state index contributed by atoms with van der Waals surface area (Å²) < 4.78 is 6.64. The minimum absolute atomic E-state index is 0.0846. The van der Waals surface area contributed by atoms with Gasteiger partial charge < -0.3 is 14.2 Å². The fraction of sp³-hybridized carbons (Fsp3) is 0.350. The molecule has 0 fully saturated rings. The molecule has 0 saturated heterocycles. The molecule has 2 aromatic heterocycles. The van der Waals surface area contributed by atoms with Crippen molar-refractivity contribution in [2.75, 3.05) is 20.2 Å². The van der Waals surface area contributed by atoms with Crippen molar-refractivity contribution in [3.05, 3.63) is 57.6 Å². The summed E-state index contributed by atoms with van der Waals surface area (Å²) in [5.41, 5.74) is 2.11. The molecule has 0 N–H and O–H groups in total. The summed E-state index contributed by atoms with van der Waals surface area (Å²) in [6, 6.07) is 3.52. The molecule has 2 heterocycles. The standard InChI is InChI=1S/C20H24N2O4S/c1-6-10-21(19(24)16-9-8-11-27-16)12-15(23)17-13(3)18(20(25)26-5)22(7-2)14(17)4/h6,8-9,11H,1,7,10,12H2,2-5H3. The Hall–Kier alpha value is -2.67. The van der Waals surface area contributed by atoms with E-state index >= 15 is 0 Å². The number of Topliss-reactive ketones (excluding diaryl/α,β-unsaturated/α-hetero) is 1. The van der Waals surface area contributed by atoms with Gasteiger partial charge in [0.05, 0.1) is 18.5 Å². The first-order chi connectivity index (χ1) is 12.9. The Bertz CT molecular complexity index is 865. The van der Waals surface area contributed by atoms with Gasteiger partial charge in [0.1, 0.15) is 5.69 Å². The number of carbonyl (C=O) groups excluding carboxylic acids is 3. The maximum Gasteiger partial charge on any atom is 0.354 e. The molecule has 0 aliphatic heterocycles. The number of amides is 1. The zero-order chi connectivity index (χ0) is 20.1. The average molecular weight is 388 g/mol. The van der Waals surface area contributed by atoms with Gasteiger partial charge in [-0.05, 0) is 37.8 Å². The molecule has 0 aliphatic carbocycles. The minimum atomic E-state index is -0.478. The molecule has 1 amide bonds. The normalized spacial score (nSPS) is 10.5. The van der Waals surface area contributed by atoms with E-state index in [4.69, 9.17) is 4.74 Å². The second-order valence-corrected chi connectivity index (χ2v) is 6.99. The van der Waals surface area contributed by atoms with Crippen molar-refractivity contribution in [2.24, 2.45) is 0 Å². The summed E-state index contributed by atoms with van der Waals surface area (Å²) in [5.74, 6) is -0.903. The molecule has 2 aromatic rings. The molecule has 0 radical (unpaired) electrons. The van der Waals surface area contributed by atoms with Gasteiger partial charge in [-0.2, -0.15) is 0 Å². The topological polar surface area (TPSA) is 68.6 Å². The molecule has 0 spiro atoms. The highest BCUT2D eigenvalue weighted by atomic mass is 32.1. The van der Waals surface area contributed by atoms with Crippen molar-refractivity contribution in [1.82, 2.24) is 9.47 Å². The highest BCUT2D eigenvalue weighted by Crippen LogP contribution is 2.24. The number of ether oxygens (including phenoxy) is 1. The molecule has 0 aliphatic rings. The Balaban J connectivity index is 2.38. The number of carbonyl (C=O) groups is 3. The van der Waals surface area contributed by atoms with E-state index < -0.39 is 5.97 Å². The Morgan fingerprint density at radius 1 is 1.33 bits per heavy atom. The Morgan fingerprint density at radius 2 is 2.04 bits per heavy atom. The monoisotopic (exact) mass is 388 g/mol. The van der Waals surface area contributed by atoms with Crippen molar-refractivity contribution in [3.63, 3.8) is 0 Å². The number of nitrogens with zero attached hydrogens (tertiary/aromatic N) is 2. The van der Waals surface area contributed by atoms with Crippen LogP contribution < -0.4 is 0 Å². The van der Waals surface area contributed by atoms with Crippen molar-refractivity contribution in [3.8, 4) is 0 Å². The molecular weight excluding hydrogens is 364 g/mol. The number of methoxy groups -OCH3 is 1. The van der Waals surface area contributed by atoms with Gasteiger partial charge in [-0.15, -0.1) is 17.9 Å². The van der Waals surface area contributed by atoms with Gasteiger partial charge >= 0.3 is 5.97 Å². The van der Waals surface area contributed by atoms with E-state index in [9.17, 15) is 14.4 Å². The van der Waals surface area contributed by atoms with Crippen LogP contribution in [0.2, 0.25) is 0 Å². The van der Waals surface area contributed by atoms with E-state index in [1.54, 1.807) is 36.6 Å². The highest BCUT2D eigenvalue weighted by Gasteiger charge is 2.28. The van der Waals surface area contributed by atoms with Gasteiger partial charge in [0.2, 0.25) is 0 Å². The Morgan fingerprint density at radius 3 is 2.56 bits per heavy atom. The lowest BCUT2D eigenvalue weighted by molar-refractivity contribution is 0.0587. The van der Waals surface area contributed by atoms with Crippen molar-refractivity contribution < 1.29 is 19.1 Å². The van der Waals surface area contributed by atoms with Crippen LogP contribution in [0.4, 0.5) is 0 Å². The largest absolute Gasteiger partial charge is 0.464 e. The molecule has 0 saturated carbocycles. The molecule has 0 unspecified atom stereocenters. The highest BCUT2D eigenvalue weighted by molar-refractivity contribution is 7.12. The van der Waals surface area contributed by atoms with Crippen molar-refractivity contribution in [2.45, 2.75) is 27.3 Å². The number of ketones is 1. The molecule has 27 heavy (non-hydrogen) atoms. The maximum absolute atomic E-state index is 13.0. The number of thiophene rings is 1. The number of esters is 1. The fourth-order valence-electron chi connectivity index (χ4n) is 3.24. The molecular formula is C20H24N2O4S. The lowest BCUT2D eigenvalue weighted by Crippen LogP contribution is -2.35. The lowest BCUT2D eigenvalue weighted by atomic mass is 10.1. The number of rotatable bonds is 8. The first kappa shape index (κ1) is 20.6. The van der Waals surface area contributed by atoms with E-state index in [0.717, 1.165) is 0 Å². The summed E-state index contributed by atoms with van der Waals surface area (Å²) >= 11 is 1.33. The smallest absolute Gasteiger partial charge is 0.354 e. The molecule has 2 rings (SSSR count).